The molecule has 2 aromatic rings. The van der Waals surface area contributed by atoms with Crippen LogP contribution in [0.4, 0.5) is 0 Å². The molecule has 0 amide bonds. The van der Waals surface area contributed by atoms with Gasteiger partial charge in [-0.3, -0.25) is 0 Å². The molecule has 0 aliphatic heterocycles. The van der Waals surface area contributed by atoms with Gasteiger partial charge in [0, 0.05) is 22.6 Å². The van der Waals surface area contributed by atoms with E-state index >= 15 is 0 Å². The van der Waals surface area contributed by atoms with Gasteiger partial charge in [0.15, 0.2) is 0 Å². The Balaban J connectivity index is 2.17. The summed E-state index contributed by atoms with van der Waals surface area (Å²) < 4.78 is 5.29. The molecule has 108 valence electrons. The fourth-order valence-electron chi connectivity index (χ4n) is 1.83. The van der Waals surface area contributed by atoms with Crippen molar-refractivity contribution >= 4 is 11.8 Å². The first-order chi connectivity index (χ1) is 10.3. The molecule has 3 heteroatoms. The fourth-order valence-corrected chi connectivity index (χ4v) is 2.74. The van der Waals surface area contributed by atoms with E-state index in [1.54, 1.807) is 18.9 Å². The van der Waals surface area contributed by atoms with Gasteiger partial charge in [-0.1, -0.05) is 30.0 Å². The topological polar surface area (TPSA) is 29.5 Å². The van der Waals surface area contributed by atoms with Gasteiger partial charge >= 0.3 is 0 Å². The largest absolute Gasteiger partial charge is 0.497 e. The zero-order chi connectivity index (χ0) is 14.9. The minimum Gasteiger partial charge on any atom is -0.497 e. The van der Waals surface area contributed by atoms with Gasteiger partial charge in [0.05, 0.1) is 13.7 Å². The molecule has 2 rings (SSSR count). The van der Waals surface area contributed by atoms with Crippen molar-refractivity contribution in [2.24, 2.45) is 0 Å². The fraction of sp³-hybridized carbons (Fsp3) is 0.222. The van der Waals surface area contributed by atoms with Crippen molar-refractivity contribution in [1.82, 2.24) is 0 Å². The summed E-state index contributed by atoms with van der Waals surface area (Å²) in [5.74, 6) is 7.78. The van der Waals surface area contributed by atoms with Gasteiger partial charge in [0.25, 0.3) is 0 Å². The second-order valence-electron chi connectivity index (χ2n) is 4.40. The second kappa shape index (κ2) is 8.41. The van der Waals surface area contributed by atoms with Crippen LogP contribution in [0.5, 0.6) is 5.75 Å². The van der Waals surface area contributed by atoms with Crippen molar-refractivity contribution in [2.45, 2.75) is 17.1 Å². The summed E-state index contributed by atoms with van der Waals surface area (Å²) in [6.07, 6.45) is 0.497. The van der Waals surface area contributed by atoms with Crippen LogP contribution in [0.15, 0.2) is 53.4 Å². The highest BCUT2D eigenvalue weighted by atomic mass is 32.2. The maximum absolute atomic E-state index is 8.82. The van der Waals surface area contributed by atoms with Gasteiger partial charge in [0.2, 0.25) is 0 Å². The van der Waals surface area contributed by atoms with Gasteiger partial charge in [0.1, 0.15) is 5.75 Å². The summed E-state index contributed by atoms with van der Waals surface area (Å²) in [5, 5.41) is 8.82. The maximum atomic E-state index is 8.82. The molecule has 0 atom stereocenters. The van der Waals surface area contributed by atoms with Gasteiger partial charge in [-0.15, -0.1) is 11.8 Å². The molecule has 2 nitrogen and oxygen atoms in total. The van der Waals surface area contributed by atoms with E-state index < -0.39 is 0 Å². The molecule has 0 aromatic heterocycles. The molecule has 0 spiro atoms. The van der Waals surface area contributed by atoms with Crippen molar-refractivity contribution < 1.29 is 9.84 Å². The number of hydrogen-bond acceptors (Lipinski definition) is 3. The monoisotopic (exact) mass is 298 g/mol. The Morgan fingerprint density at radius 2 is 1.95 bits per heavy atom. The molecular weight excluding hydrogens is 280 g/mol. The third kappa shape index (κ3) is 4.86. The van der Waals surface area contributed by atoms with Crippen LogP contribution in [0.2, 0.25) is 0 Å². The Hall–Kier alpha value is -1.89. The number of methoxy groups -OCH3 is 1. The molecule has 1 N–H and O–H groups in total. The van der Waals surface area contributed by atoms with E-state index in [0.29, 0.717) is 6.42 Å². The van der Waals surface area contributed by atoms with Crippen LogP contribution in [0.3, 0.4) is 0 Å². The van der Waals surface area contributed by atoms with Crippen LogP contribution in [0, 0.1) is 11.8 Å². The van der Waals surface area contributed by atoms with Crippen LogP contribution >= 0.6 is 11.8 Å². The third-order valence-electron chi connectivity index (χ3n) is 2.91. The molecular formula is C18H18O2S. The van der Waals surface area contributed by atoms with E-state index in [4.69, 9.17) is 9.84 Å². The summed E-state index contributed by atoms with van der Waals surface area (Å²) in [5.41, 5.74) is 2.14. The second-order valence-corrected chi connectivity index (χ2v) is 5.45. The maximum Gasteiger partial charge on any atom is 0.119 e. The highest BCUT2D eigenvalue weighted by molar-refractivity contribution is 7.98. The first-order valence-corrected chi connectivity index (χ1v) is 7.76. The molecule has 0 radical (unpaired) electrons. The summed E-state index contributed by atoms with van der Waals surface area (Å²) in [7, 11) is 1.67. The molecule has 0 aliphatic rings. The Morgan fingerprint density at radius 1 is 1.14 bits per heavy atom. The summed E-state index contributed by atoms with van der Waals surface area (Å²) in [6.45, 7) is 0.0945. The quantitative estimate of drug-likeness (QED) is 0.674. The van der Waals surface area contributed by atoms with Crippen LogP contribution in [0.25, 0.3) is 0 Å². The predicted octanol–water partition coefficient (Wildman–Crippen LogP) is 3.72. The minimum absolute atomic E-state index is 0.0945. The molecule has 0 unspecified atom stereocenters. The van der Waals surface area contributed by atoms with Crippen LogP contribution < -0.4 is 4.74 Å². The molecule has 2 aromatic carbocycles. The zero-order valence-electron chi connectivity index (χ0n) is 12.0. The van der Waals surface area contributed by atoms with Crippen molar-refractivity contribution in [3.63, 3.8) is 0 Å². The predicted molar refractivity (Wildman–Crippen MR) is 87.6 cm³/mol. The number of hydrogen-bond donors (Lipinski definition) is 1. The van der Waals surface area contributed by atoms with Crippen molar-refractivity contribution in [3.05, 3.63) is 59.7 Å². The van der Waals surface area contributed by atoms with Crippen molar-refractivity contribution in [2.75, 3.05) is 13.7 Å². The standard InChI is InChI=1S/C18H18O2S/c1-20-17-11-10-15(7-5-6-12-19)16(13-17)14-21-18-8-3-2-4-9-18/h2-4,8-11,13,19H,6,12,14H2,1H3. The van der Waals surface area contributed by atoms with Crippen LogP contribution in [-0.2, 0) is 5.75 Å². The Kier molecular flexibility index (Phi) is 6.21. The van der Waals surface area contributed by atoms with Crippen molar-refractivity contribution in [1.29, 1.82) is 0 Å². The third-order valence-corrected chi connectivity index (χ3v) is 3.97. The van der Waals surface area contributed by atoms with Crippen LogP contribution in [-0.4, -0.2) is 18.8 Å². The van der Waals surface area contributed by atoms with Crippen LogP contribution in [0.1, 0.15) is 17.5 Å². The first-order valence-electron chi connectivity index (χ1n) is 6.78. The summed E-state index contributed by atoms with van der Waals surface area (Å²) in [4.78, 5) is 1.23. The lowest BCUT2D eigenvalue weighted by Gasteiger charge is -2.08. The van der Waals surface area contributed by atoms with E-state index in [-0.39, 0.29) is 6.61 Å². The number of benzene rings is 2. The summed E-state index contributed by atoms with van der Waals surface area (Å²) >= 11 is 1.77. The normalized spacial score (nSPS) is 9.81. The average Bonchev–Trinajstić information content (AvgIpc) is 2.55. The first kappa shape index (κ1) is 15.5. The molecule has 0 heterocycles. The lowest BCUT2D eigenvalue weighted by atomic mass is 10.1. The number of aliphatic hydroxyl groups excluding tert-OH is 1. The van der Waals surface area contributed by atoms with Gasteiger partial charge in [-0.2, -0.15) is 0 Å². The average molecular weight is 298 g/mol. The number of aliphatic hydroxyl groups is 1. The zero-order valence-corrected chi connectivity index (χ0v) is 12.8. The lowest BCUT2D eigenvalue weighted by molar-refractivity contribution is 0.305. The SMILES string of the molecule is COc1ccc(C#CCCO)c(CSc2ccccc2)c1. The lowest BCUT2D eigenvalue weighted by Crippen LogP contribution is -1.91. The van der Waals surface area contributed by atoms with E-state index in [2.05, 4.69) is 24.0 Å². The Morgan fingerprint density at radius 3 is 2.67 bits per heavy atom. The number of ether oxygens (including phenoxy) is 1. The molecule has 0 saturated carbocycles. The Bertz CT molecular complexity index is 627. The Labute approximate surface area is 130 Å². The van der Waals surface area contributed by atoms with E-state index in [1.807, 2.05) is 36.4 Å². The van der Waals surface area contributed by atoms with E-state index in [9.17, 15) is 0 Å². The highest BCUT2D eigenvalue weighted by Gasteiger charge is 2.04. The van der Waals surface area contributed by atoms with E-state index in [0.717, 1.165) is 22.6 Å². The molecule has 21 heavy (non-hydrogen) atoms. The highest BCUT2D eigenvalue weighted by Crippen LogP contribution is 2.26. The molecule has 0 fully saturated rings. The molecule has 0 aliphatic carbocycles. The summed E-state index contributed by atoms with van der Waals surface area (Å²) in [6, 6.07) is 16.2. The number of rotatable bonds is 5. The molecule has 0 saturated heterocycles. The smallest absolute Gasteiger partial charge is 0.119 e. The number of thioether (sulfide) groups is 1. The van der Waals surface area contributed by atoms with Gasteiger partial charge in [-0.05, 0) is 35.9 Å². The van der Waals surface area contributed by atoms with Crippen molar-refractivity contribution in [3.8, 4) is 17.6 Å². The van der Waals surface area contributed by atoms with Gasteiger partial charge < -0.3 is 9.84 Å². The van der Waals surface area contributed by atoms with Gasteiger partial charge in [-0.25, -0.2) is 0 Å². The van der Waals surface area contributed by atoms with E-state index in [1.165, 1.54) is 4.90 Å². The minimum atomic E-state index is 0.0945. The molecule has 0 bridgehead atoms.